The van der Waals surface area contributed by atoms with Gasteiger partial charge in [-0.1, -0.05) is 68.4 Å². The Hall–Kier alpha value is -2.69. The largest absolute Gasteiger partial charge is 0.359 e. The highest BCUT2D eigenvalue weighted by atomic mass is 35.5. The predicted molar refractivity (Wildman–Crippen MR) is 169 cm³/mol. The molecule has 1 amide bonds. The zero-order valence-corrected chi connectivity index (χ0v) is 27.1. The van der Waals surface area contributed by atoms with Crippen molar-refractivity contribution in [1.82, 2.24) is 10.1 Å². The maximum absolute atomic E-state index is 13.7. The molecule has 1 fully saturated rings. The molecular weight excluding hydrogens is 592 g/mol. The van der Waals surface area contributed by atoms with Gasteiger partial charge in [-0.3, -0.25) is 19.4 Å². The second-order valence-electron chi connectivity index (χ2n) is 11.4. The maximum atomic E-state index is 13.7. The summed E-state index contributed by atoms with van der Waals surface area (Å²) in [6.07, 6.45) is 9.05. The normalized spacial score (nSPS) is 16.8. The van der Waals surface area contributed by atoms with Gasteiger partial charge in [-0.15, -0.1) is 11.3 Å². The molecule has 1 aliphatic heterocycles. The van der Waals surface area contributed by atoms with Gasteiger partial charge in [0.2, 0.25) is 0 Å². The average molecular weight is 631 g/mol. The summed E-state index contributed by atoms with van der Waals surface area (Å²) in [6, 6.07) is 7.44. The summed E-state index contributed by atoms with van der Waals surface area (Å²) in [6.45, 7) is 8.23. The number of thiophene rings is 1. The molecule has 0 radical (unpaired) electrons. The Kier molecular flexibility index (Phi) is 9.16. The Morgan fingerprint density at radius 2 is 1.83 bits per heavy atom. The van der Waals surface area contributed by atoms with Crippen molar-refractivity contribution in [3.05, 3.63) is 51.1 Å². The fourth-order valence-electron chi connectivity index (χ4n) is 5.99. The molecule has 3 aromatic rings. The monoisotopic (exact) mass is 630 g/mol. The van der Waals surface area contributed by atoms with Crippen molar-refractivity contribution in [1.29, 1.82) is 0 Å². The topological polar surface area (TPSA) is 105 Å². The molecule has 1 aromatic carbocycles. The number of nitrogens with one attached hydrogen (secondary N) is 1. The predicted octanol–water partition coefficient (Wildman–Crippen LogP) is 8.06. The first-order chi connectivity index (χ1) is 20.1. The highest BCUT2D eigenvalue weighted by Gasteiger charge is 2.48. The molecule has 0 bridgehead atoms. The van der Waals surface area contributed by atoms with Crippen LogP contribution in [0.2, 0.25) is 5.02 Å². The van der Waals surface area contributed by atoms with Gasteiger partial charge >= 0.3 is 0 Å². The summed E-state index contributed by atoms with van der Waals surface area (Å²) in [7, 11) is -3.97. The number of hydrogen-bond donors (Lipinski definition) is 1. The molecule has 1 aliphatic carbocycles. The van der Waals surface area contributed by atoms with Crippen LogP contribution in [0.1, 0.15) is 93.4 Å². The fraction of sp³-hybridized carbons (Fsp3) is 0.516. The molecule has 226 valence electrons. The van der Waals surface area contributed by atoms with Crippen LogP contribution >= 0.6 is 22.9 Å². The highest BCUT2D eigenvalue weighted by Crippen LogP contribution is 2.41. The SMILES string of the molecule is CCCCc1c(NS(=O)(=O)c2sc(C)cc2-c2ccc(CN3C(=O)C4(CCCCC4)N=C3CCC)cc2Cl)noc1C. The van der Waals surface area contributed by atoms with E-state index in [1.54, 1.807) is 6.92 Å². The molecule has 8 nitrogen and oxygen atoms in total. The number of hydrogen-bond acceptors (Lipinski definition) is 7. The third-order valence-electron chi connectivity index (χ3n) is 8.18. The lowest BCUT2D eigenvalue weighted by atomic mass is 9.82. The third kappa shape index (κ3) is 6.03. The molecule has 42 heavy (non-hydrogen) atoms. The molecule has 0 saturated heterocycles. The quantitative estimate of drug-likeness (QED) is 0.231. The second kappa shape index (κ2) is 12.5. The van der Waals surface area contributed by atoms with E-state index in [4.69, 9.17) is 21.1 Å². The fourth-order valence-corrected chi connectivity index (χ4v) is 8.97. The van der Waals surface area contributed by atoms with Gasteiger partial charge in [0.05, 0.1) is 6.54 Å². The van der Waals surface area contributed by atoms with Crippen LogP contribution in [-0.2, 0) is 27.8 Å². The van der Waals surface area contributed by atoms with Gasteiger partial charge in [-0.25, -0.2) is 8.42 Å². The molecule has 0 atom stereocenters. The van der Waals surface area contributed by atoms with Crippen molar-refractivity contribution in [2.45, 2.75) is 108 Å². The Balaban J connectivity index is 1.41. The number of amidine groups is 1. The number of carbonyl (C=O) groups excluding carboxylic acids is 1. The first-order valence-corrected chi connectivity index (χ1v) is 17.5. The van der Waals surface area contributed by atoms with Gasteiger partial charge in [-0.2, -0.15) is 0 Å². The van der Waals surface area contributed by atoms with E-state index in [0.29, 0.717) is 34.9 Å². The van der Waals surface area contributed by atoms with Crippen LogP contribution in [-0.4, -0.2) is 35.8 Å². The molecular formula is C31H39ClN4O4S2. The van der Waals surface area contributed by atoms with Crippen molar-refractivity contribution in [2.24, 2.45) is 4.99 Å². The van der Waals surface area contributed by atoms with Crippen molar-refractivity contribution in [3.63, 3.8) is 0 Å². The van der Waals surface area contributed by atoms with Crippen LogP contribution in [0, 0.1) is 13.8 Å². The highest BCUT2D eigenvalue weighted by molar-refractivity contribution is 7.94. The summed E-state index contributed by atoms with van der Waals surface area (Å²) in [5.74, 6) is 1.80. The summed E-state index contributed by atoms with van der Waals surface area (Å²) in [5.41, 5.74) is 2.20. The van der Waals surface area contributed by atoms with Gasteiger partial charge in [0.15, 0.2) is 5.82 Å². The van der Waals surface area contributed by atoms with Crippen molar-refractivity contribution < 1.29 is 17.7 Å². The lowest BCUT2D eigenvalue weighted by Gasteiger charge is -2.29. The minimum atomic E-state index is -3.97. The van der Waals surface area contributed by atoms with Crippen LogP contribution < -0.4 is 4.72 Å². The van der Waals surface area contributed by atoms with E-state index < -0.39 is 15.6 Å². The third-order valence-corrected chi connectivity index (χ3v) is 11.4. The van der Waals surface area contributed by atoms with E-state index in [-0.39, 0.29) is 15.9 Å². The number of amides is 1. The average Bonchev–Trinajstić information content (AvgIpc) is 3.58. The molecule has 1 N–H and O–H groups in total. The van der Waals surface area contributed by atoms with Crippen LogP contribution in [0.5, 0.6) is 0 Å². The number of nitrogens with zero attached hydrogens (tertiary/aromatic N) is 3. The van der Waals surface area contributed by atoms with Crippen molar-refractivity contribution in [2.75, 3.05) is 4.72 Å². The van der Waals surface area contributed by atoms with Gasteiger partial charge in [-0.05, 0) is 63.6 Å². The number of aliphatic imine (C=N–C) groups is 1. The summed E-state index contributed by atoms with van der Waals surface area (Å²) in [5, 5.41) is 4.42. The van der Waals surface area contributed by atoms with Gasteiger partial charge in [0.1, 0.15) is 21.3 Å². The number of aryl methyl sites for hydroxylation is 2. The number of sulfonamides is 1. The number of halogens is 1. The van der Waals surface area contributed by atoms with E-state index in [1.165, 1.54) is 11.3 Å². The number of carbonyl (C=O) groups is 1. The molecule has 2 aliphatic rings. The van der Waals surface area contributed by atoms with Crippen LogP contribution in [0.15, 0.2) is 38.0 Å². The smallest absolute Gasteiger partial charge is 0.273 e. The minimum absolute atomic E-state index is 0.0974. The van der Waals surface area contributed by atoms with Crippen molar-refractivity contribution in [3.8, 4) is 11.1 Å². The van der Waals surface area contributed by atoms with E-state index in [2.05, 4.69) is 23.7 Å². The second-order valence-corrected chi connectivity index (χ2v) is 15.0. The molecule has 2 aromatic heterocycles. The summed E-state index contributed by atoms with van der Waals surface area (Å²) in [4.78, 5) is 21.3. The number of anilines is 1. The molecule has 1 saturated carbocycles. The summed E-state index contributed by atoms with van der Waals surface area (Å²) >= 11 is 8.02. The number of aromatic nitrogens is 1. The zero-order valence-electron chi connectivity index (χ0n) is 24.8. The number of unbranched alkanes of at least 4 members (excludes halogenated alkanes) is 1. The van der Waals surface area contributed by atoms with E-state index >= 15 is 0 Å². The molecule has 1 spiro atoms. The Bertz CT molecular complexity index is 1600. The summed E-state index contributed by atoms with van der Waals surface area (Å²) < 4.78 is 35.5. The maximum Gasteiger partial charge on any atom is 0.273 e. The molecule has 0 unspecified atom stereocenters. The van der Waals surface area contributed by atoms with Gasteiger partial charge in [0, 0.05) is 33.0 Å². The van der Waals surface area contributed by atoms with Gasteiger partial charge in [0.25, 0.3) is 15.9 Å². The van der Waals surface area contributed by atoms with Crippen LogP contribution in [0.3, 0.4) is 0 Å². The number of benzene rings is 1. The first-order valence-electron chi connectivity index (χ1n) is 14.9. The zero-order chi connectivity index (χ0) is 30.1. The Labute approximate surface area is 257 Å². The van der Waals surface area contributed by atoms with E-state index in [0.717, 1.165) is 79.6 Å². The van der Waals surface area contributed by atoms with E-state index in [1.807, 2.05) is 36.1 Å². The van der Waals surface area contributed by atoms with Gasteiger partial charge < -0.3 is 4.52 Å². The minimum Gasteiger partial charge on any atom is -0.359 e. The van der Waals surface area contributed by atoms with Crippen molar-refractivity contribution >= 4 is 50.5 Å². The van der Waals surface area contributed by atoms with Crippen LogP contribution in [0.25, 0.3) is 11.1 Å². The lowest BCUT2D eigenvalue weighted by molar-refractivity contribution is -0.132. The van der Waals surface area contributed by atoms with Crippen LogP contribution in [0.4, 0.5) is 5.82 Å². The molecule has 11 heteroatoms. The lowest BCUT2D eigenvalue weighted by Crippen LogP contribution is -2.43. The Morgan fingerprint density at radius 3 is 2.52 bits per heavy atom. The first kappa shape index (κ1) is 30.8. The number of rotatable bonds is 11. The molecule has 3 heterocycles. The standard InChI is InChI=1S/C31H39ClN4O4S2/c1-5-7-12-23-21(4)40-34-28(23)35-42(38,39)29-25(17-20(3)41-29)24-14-13-22(18-26(24)32)19-36-27(11-6-2)33-31(30(36)37)15-9-8-10-16-31/h13-14,17-18H,5-12,15-16,19H2,1-4H3,(H,34,35). The Morgan fingerprint density at radius 1 is 1.07 bits per heavy atom. The van der Waals surface area contributed by atoms with E-state index in [9.17, 15) is 13.2 Å². The molecule has 5 rings (SSSR count).